The number of hydrogen-bond donors (Lipinski definition) is 1. The maximum Gasteiger partial charge on any atom is 0.242 e. The molecule has 148 valence electrons. The second-order valence-electron chi connectivity index (χ2n) is 6.94. The summed E-state index contributed by atoms with van der Waals surface area (Å²) in [5, 5.41) is 2.73. The van der Waals surface area contributed by atoms with E-state index in [2.05, 4.69) is 22.3 Å². The number of nitrogens with one attached hydrogen (secondary N) is 1. The second-order valence-corrected chi connectivity index (χ2v) is 6.94. The number of methoxy groups -OCH3 is 1. The molecule has 1 N–H and O–H groups in total. The normalized spacial score (nSPS) is 14.5. The van der Waals surface area contributed by atoms with E-state index in [0.717, 1.165) is 30.9 Å². The lowest BCUT2D eigenvalue weighted by Gasteiger charge is -2.34. The van der Waals surface area contributed by atoms with E-state index in [1.165, 1.54) is 5.56 Å². The Labute approximate surface area is 166 Å². The van der Waals surface area contributed by atoms with Gasteiger partial charge in [-0.1, -0.05) is 42.5 Å². The SMILES string of the molecule is COc1ccc(CC(=O)NCC(=O)N2CCN(Cc3ccccc3)CC2)cc1. The summed E-state index contributed by atoms with van der Waals surface area (Å²) in [5.41, 5.74) is 2.17. The van der Waals surface area contributed by atoms with Crippen molar-refractivity contribution in [1.82, 2.24) is 15.1 Å². The van der Waals surface area contributed by atoms with E-state index in [-0.39, 0.29) is 24.8 Å². The van der Waals surface area contributed by atoms with Crippen LogP contribution in [0.5, 0.6) is 5.75 Å². The van der Waals surface area contributed by atoms with Gasteiger partial charge in [0.15, 0.2) is 0 Å². The van der Waals surface area contributed by atoms with E-state index in [4.69, 9.17) is 4.74 Å². The molecule has 6 nitrogen and oxygen atoms in total. The first-order valence-corrected chi connectivity index (χ1v) is 9.58. The lowest BCUT2D eigenvalue weighted by molar-refractivity contribution is -0.134. The van der Waals surface area contributed by atoms with Crippen molar-refractivity contribution >= 4 is 11.8 Å². The first-order valence-electron chi connectivity index (χ1n) is 9.58. The van der Waals surface area contributed by atoms with Crippen LogP contribution >= 0.6 is 0 Å². The Bertz CT molecular complexity index is 769. The molecule has 0 spiro atoms. The molecule has 2 amide bonds. The Balaban J connectivity index is 1.37. The molecule has 0 saturated carbocycles. The quantitative estimate of drug-likeness (QED) is 0.793. The van der Waals surface area contributed by atoms with Gasteiger partial charge < -0.3 is 15.0 Å². The van der Waals surface area contributed by atoms with Crippen molar-refractivity contribution in [1.29, 1.82) is 0 Å². The van der Waals surface area contributed by atoms with Gasteiger partial charge >= 0.3 is 0 Å². The van der Waals surface area contributed by atoms with E-state index in [1.54, 1.807) is 7.11 Å². The maximum absolute atomic E-state index is 12.4. The van der Waals surface area contributed by atoms with Crippen LogP contribution in [0.2, 0.25) is 0 Å². The monoisotopic (exact) mass is 381 g/mol. The number of hydrogen-bond acceptors (Lipinski definition) is 4. The Morgan fingerprint density at radius 3 is 2.25 bits per heavy atom. The number of nitrogens with zero attached hydrogens (tertiary/aromatic N) is 2. The van der Waals surface area contributed by atoms with Crippen LogP contribution in [0.4, 0.5) is 0 Å². The lowest BCUT2D eigenvalue weighted by Crippen LogP contribution is -2.50. The van der Waals surface area contributed by atoms with Gasteiger partial charge in [0.25, 0.3) is 0 Å². The fourth-order valence-electron chi connectivity index (χ4n) is 3.27. The molecule has 1 aliphatic rings. The van der Waals surface area contributed by atoms with Crippen LogP contribution in [0.15, 0.2) is 54.6 Å². The highest BCUT2D eigenvalue weighted by atomic mass is 16.5. The van der Waals surface area contributed by atoms with Crippen molar-refractivity contribution in [3.05, 3.63) is 65.7 Å². The highest BCUT2D eigenvalue weighted by Gasteiger charge is 2.21. The number of carbonyl (C=O) groups excluding carboxylic acids is 2. The Morgan fingerprint density at radius 1 is 0.929 bits per heavy atom. The molecule has 1 heterocycles. The van der Waals surface area contributed by atoms with Crippen LogP contribution in [-0.4, -0.2) is 61.4 Å². The van der Waals surface area contributed by atoms with Gasteiger partial charge in [0.05, 0.1) is 20.1 Å². The van der Waals surface area contributed by atoms with Gasteiger partial charge in [0.1, 0.15) is 5.75 Å². The summed E-state index contributed by atoms with van der Waals surface area (Å²) in [6, 6.07) is 17.7. The zero-order valence-corrected chi connectivity index (χ0v) is 16.3. The summed E-state index contributed by atoms with van der Waals surface area (Å²) >= 11 is 0. The highest BCUT2D eigenvalue weighted by Crippen LogP contribution is 2.12. The van der Waals surface area contributed by atoms with Crippen molar-refractivity contribution in [3.8, 4) is 5.75 Å². The number of rotatable bonds is 7. The third-order valence-electron chi connectivity index (χ3n) is 4.93. The van der Waals surface area contributed by atoms with E-state index in [1.807, 2.05) is 47.4 Å². The molecule has 0 bridgehead atoms. The number of benzene rings is 2. The molecule has 0 unspecified atom stereocenters. The summed E-state index contributed by atoms with van der Waals surface area (Å²) in [6.07, 6.45) is 0.252. The fraction of sp³-hybridized carbons (Fsp3) is 0.364. The summed E-state index contributed by atoms with van der Waals surface area (Å²) < 4.78 is 5.11. The third kappa shape index (κ3) is 5.82. The van der Waals surface area contributed by atoms with Gasteiger partial charge in [-0.2, -0.15) is 0 Å². The van der Waals surface area contributed by atoms with Crippen molar-refractivity contribution in [2.45, 2.75) is 13.0 Å². The molecule has 0 aliphatic carbocycles. The zero-order valence-electron chi connectivity index (χ0n) is 16.3. The summed E-state index contributed by atoms with van der Waals surface area (Å²) in [5.74, 6) is 0.578. The first kappa shape index (κ1) is 19.9. The number of ether oxygens (including phenoxy) is 1. The Morgan fingerprint density at radius 2 is 1.61 bits per heavy atom. The molecule has 1 fully saturated rings. The average molecular weight is 381 g/mol. The van der Waals surface area contributed by atoms with Gasteiger partial charge in [0, 0.05) is 32.7 Å². The minimum atomic E-state index is -0.152. The summed E-state index contributed by atoms with van der Waals surface area (Å²) in [7, 11) is 1.61. The van der Waals surface area contributed by atoms with Gasteiger partial charge in [-0.05, 0) is 23.3 Å². The van der Waals surface area contributed by atoms with E-state index < -0.39 is 0 Å². The van der Waals surface area contributed by atoms with Gasteiger partial charge in [-0.3, -0.25) is 14.5 Å². The van der Waals surface area contributed by atoms with E-state index >= 15 is 0 Å². The molecular weight excluding hydrogens is 354 g/mol. The van der Waals surface area contributed by atoms with Crippen LogP contribution < -0.4 is 10.1 Å². The zero-order chi connectivity index (χ0) is 19.8. The molecule has 1 aliphatic heterocycles. The molecule has 2 aromatic carbocycles. The predicted octanol–water partition coefficient (Wildman–Crippen LogP) is 1.70. The van der Waals surface area contributed by atoms with Crippen molar-refractivity contribution in [3.63, 3.8) is 0 Å². The standard InChI is InChI=1S/C22H27N3O3/c1-28-20-9-7-18(8-10-20)15-21(26)23-16-22(27)25-13-11-24(12-14-25)17-19-5-3-2-4-6-19/h2-10H,11-17H2,1H3,(H,23,26). The third-order valence-corrected chi connectivity index (χ3v) is 4.93. The molecule has 28 heavy (non-hydrogen) atoms. The van der Waals surface area contributed by atoms with Crippen LogP contribution in [-0.2, 0) is 22.6 Å². The largest absolute Gasteiger partial charge is 0.497 e. The number of carbonyl (C=O) groups is 2. The van der Waals surface area contributed by atoms with Gasteiger partial charge in [-0.25, -0.2) is 0 Å². The minimum absolute atomic E-state index is 0.0255. The number of amides is 2. The smallest absolute Gasteiger partial charge is 0.242 e. The van der Waals surface area contributed by atoms with E-state index in [9.17, 15) is 9.59 Å². The van der Waals surface area contributed by atoms with Crippen LogP contribution in [0, 0.1) is 0 Å². The lowest BCUT2D eigenvalue weighted by atomic mass is 10.1. The first-order chi connectivity index (χ1) is 13.6. The number of piperazine rings is 1. The molecule has 0 aromatic heterocycles. The fourth-order valence-corrected chi connectivity index (χ4v) is 3.27. The molecule has 6 heteroatoms. The molecule has 2 aromatic rings. The van der Waals surface area contributed by atoms with Crippen molar-refractivity contribution < 1.29 is 14.3 Å². The Kier molecular flexibility index (Phi) is 7.03. The highest BCUT2D eigenvalue weighted by molar-refractivity contribution is 5.85. The Hall–Kier alpha value is -2.86. The molecule has 0 radical (unpaired) electrons. The molecule has 1 saturated heterocycles. The summed E-state index contributed by atoms with van der Waals surface area (Å²) in [4.78, 5) is 28.6. The second kappa shape index (κ2) is 9.90. The predicted molar refractivity (Wildman–Crippen MR) is 108 cm³/mol. The minimum Gasteiger partial charge on any atom is -0.497 e. The topological polar surface area (TPSA) is 61.9 Å². The molecule has 0 atom stereocenters. The van der Waals surface area contributed by atoms with Crippen molar-refractivity contribution in [2.75, 3.05) is 39.8 Å². The maximum atomic E-state index is 12.4. The molecular formula is C22H27N3O3. The summed E-state index contributed by atoms with van der Waals surface area (Å²) in [6.45, 7) is 4.04. The van der Waals surface area contributed by atoms with Crippen LogP contribution in [0.25, 0.3) is 0 Å². The van der Waals surface area contributed by atoms with Gasteiger partial charge in [-0.15, -0.1) is 0 Å². The van der Waals surface area contributed by atoms with Crippen LogP contribution in [0.3, 0.4) is 0 Å². The van der Waals surface area contributed by atoms with E-state index in [0.29, 0.717) is 13.1 Å². The van der Waals surface area contributed by atoms with Crippen molar-refractivity contribution in [2.24, 2.45) is 0 Å². The van der Waals surface area contributed by atoms with Crippen LogP contribution in [0.1, 0.15) is 11.1 Å². The van der Waals surface area contributed by atoms with Gasteiger partial charge in [0.2, 0.25) is 11.8 Å². The average Bonchev–Trinajstić information content (AvgIpc) is 2.74. The molecule has 3 rings (SSSR count).